The Morgan fingerprint density at radius 1 is 0.970 bits per heavy atom. The molecule has 0 amide bonds. The molecule has 0 bridgehead atoms. The molecule has 0 radical (unpaired) electrons. The lowest BCUT2D eigenvalue weighted by Gasteiger charge is -2.05. The van der Waals surface area contributed by atoms with Crippen molar-refractivity contribution in [1.29, 1.82) is 0 Å². The number of carbonyl (C=O) groups is 1. The SMILES string of the molecule is O=C(O)C(F)(F)F.O=c1cc2cc3c4nc5cccc6cccc(c4cn3c(=O)c2co1)c65. The highest BCUT2D eigenvalue weighted by Crippen LogP contribution is 2.33. The number of hydrogen-bond acceptors (Lipinski definition) is 5. The Hall–Kier alpha value is -4.47. The van der Waals surface area contributed by atoms with Crippen molar-refractivity contribution >= 4 is 54.8 Å². The van der Waals surface area contributed by atoms with Crippen LogP contribution in [-0.4, -0.2) is 26.6 Å². The number of aliphatic carboxylic acids is 1. The van der Waals surface area contributed by atoms with E-state index in [0.717, 1.165) is 32.6 Å². The fourth-order valence-corrected chi connectivity index (χ4v) is 3.89. The number of aromatic nitrogens is 2. The third-order valence-electron chi connectivity index (χ3n) is 5.28. The van der Waals surface area contributed by atoms with Gasteiger partial charge < -0.3 is 9.52 Å². The normalized spacial score (nSPS) is 12.0. The second-order valence-corrected chi connectivity index (χ2v) is 7.26. The van der Waals surface area contributed by atoms with Gasteiger partial charge in [-0.05, 0) is 28.3 Å². The second kappa shape index (κ2) is 7.02. The van der Waals surface area contributed by atoms with Gasteiger partial charge in [0, 0.05) is 23.0 Å². The molecule has 0 aliphatic carbocycles. The third-order valence-corrected chi connectivity index (χ3v) is 5.28. The molecular formula is C23H11F3N2O5. The first-order valence-electron chi connectivity index (χ1n) is 9.47. The zero-order valence-corrected chi connectivity index (χ0v) is 16.4. The minimum Gasteiger partial charge on any atom is -0.475 e. The van der Waals surface area contributed by atoms with Crippen LogP contribution in [0.25, 0.3) is 48.9 Å². The van der Waals surface area contributed by atoms with Crippen LogP contribution in [0, 0.1) is 0 Å². The summed E-state index contributed by atoms with van der Waals surface area (Å²) in [6.07, 6.45) is -2.03. The van der Waals surface area contributed by atoms with Gasteiger partial charge in [0.1, 0.15) is 6.26 Å². The highest BCUT2D eigenvalue weighted by atomic mass is 19.4. The summed E-state index contributed by atoms with van der Waals surface area (Å²) in [7, 11) is 0. The maximum atomic E-state index is 12.9. The van der Waals surface area contributed by atoms with E-state index in [0.29, 0.717) is 16.3 Å². The van der Waals surface area contributed by atoms with Gasteiger partial charge in [-0.2, -0.15) is 13.2 Å². The fraction of sp³-hybridized carbons (Fsp3) is 0.0435. The number of rotatable bonds is 0. The van der Waals surface area contributed by atoms with Crippen LogP contribution in [0.5, 0.6) is 0 Å². The van der Waals surface area contributed by atoms with Crippen LogP contribution in [0.3, 0.4) is 0 Å². The van der Waals surface area contributed by atoms with Crippen molar-refractivity contribution in [3.05, 3.63) is 81.8 Å². The van der Waals surface area contributed by atoms with E-state index in [1.54, 1.807) is 4.40 Å². The van der Waals surface area contributed by atoms with E-state index >= 15 is 0 Å². The fourth-order valence-electron chi connectivity index (χ4n) is 3.89. The zero-order valence-electron chi connectivity index (χ0n) is 16.4. The summed E-state index contributed by atoms with van der Waals surface area (Å²) >= 11 is 0. The van der Waals surface area contributed by atoms with Crippen LogP contribution in [0.1, 0.15) is 0 Å². The first-order chi connectivity index (χ1) is 15.6. The molecule has 0 unspecified atom stereocenters. The standard InChI is InChI=1S/C21H10N2O3.C2HF3O2/c24-18-8-12-7-17-20-14(9-23(17)21(25)15(12)10-26-18)13-5-1-3-11-4-2-6-16(22-20)19(11)13;3-2(4,5)1(6)7/h1-10H;(H,6,7). The van der Waals surface area contributed by atoms with Crippen LogP contribution in [0.15, 0.2) is 75.0 Å². The molecule has 10 heteroatoms. The van der Waals surface area contributed by atoms with Crippen LogP contribution >= 0.6 is 0 Å². The lowest BCUT2D eigenvalue weighted by molar-refractivity contribution is -0.192. The lowest BCUT2D eigenvalue weighted by Crippen LogP contribution is -2.21. The minimum atomic E-state index is -5.08. The molecule has 7 nitrogen and oxygen atoms in total. The molecular weight excluding hydrogens is 441 g/mol. The van der Waals surface area contributed by atoms with Gasteiger partial charge in [0.15, 0.2) is 0 Å². The molecule has 164 valence electrons. The first-order valence-corrected chi connectivity index (χ1v) is 9.47. The van der Waals surface area contributed by atoms with E-state index in [1.165, 1.54) is 12.3 Å². The summed E-state index contributed by atoms with van der Waals surface area (Å²) in [5.41, 5.74) is 1.63. The number of fused-ring (bicyclic) bond motifs is 5. The first kappa shape index (κ1) is 20.4. The minimum absolute atomic E-state index is 0.220. The number of alkyl halides is 3. The third kappa shape index (κ3) is 3.23. The Bertz CT molecular complexity index is 1830. The molecule has 0 saturated carbocycles. The maximum Gasteiger partial charge on any atom is 0.490 e. The molecule has 33 heavy (non-hydrogen) atoms. The molecule has 4 aromatic heterocycles. The Morgan fingerprint density at radius 3 is 2.36 bits per heavy atom. The van der Waals surface area contributed by atoms with Gasteiger partial charge in [0.2, 0.25) is 0 Å². The number of hydrogen-bond donors (Lipinski definition) is 1. The Balaban J connectivity index is 0.000000287. The Labute approximate surface area is 180 Å². The lowest BCUT2D eigenvalue weighted by atomic mass is 10.0. The highest BCUT2D eigenvalue weighted by Gasteiger charge is 2.38. The smallest absolute Gasteiger partial charge is 0.475 e. The molecule has 6 aromatic rings. The van der Waals surface area contributed by atoms with E-state index in [1.807, 2.05) is 36.5 Å². The molecule has 0 aliphatic heterocycles. The monoisotopic (exact) mass is 452 g/mol. The molecule has 0 atom stereocenters. The number of carboxylic acid groups (broad SMARTS) is 1. The summed E-state index contributed by atoms with van der Waals surface area (Å²) in [6, 6.07) is 15.3. The predicted octanol–water partition coefficient (Wildman–Crippen LogP) is 4.33. The van der Waals surface area contributed by atoms with Gasteiger partial charge in [0.05, 0.1) is 21.9 Å². The summed E-state index contributed by atoms with van der Waals surface area (Å²) in [5.74, 6) is -2.76. The van der Waals surface area contributed by atoms with Crippen molar-refractivity contribution in [1.82, 2.24) is 9.38 Å². The van der Waals surface area contributed by atoms with Gasteiger partial charge in [-0.25, -0.2) is 14.6 Å². The number of benzene rings is 2. The van der Waals surface area contributed by atoms with E-state index in [-0.39, 0.29) is 5.56 Å². The largest absolute Gasteiger partial charge is 0.490 e. The molecule has 4 heterocycles. The van der Waals surface area contributed by atoms with E-state index in [9.17, 15) is 22.8 Å². The van der Waals surface area contributed by atoms with Crippen molar-refractivity contribution in [2.75, 3.05) is 0 Å². The zero-order chi connectivity index (χ0) is 23.5. The van der Waals surface area contributed by atoms with Crippen LogP contribution in [-0.2, 0) is 4.79 Å². The highest BCUT2D eigenvalue weighted by molar-refractivity contribution is 6.21. The molecule has 0 aliphatic rings. The molecule has 0 saturated heterocycles. The van der Waals surface area contributed by atoms with Crippen molar-refractivity contribution in [3.8, 4) is 0 Å². The molecule has 6 rings (SSSR count). The van der Waals surface area contributed by atoms with Crippen molar-refractivity contribution in [2.45, 2.75) is 6.18 Å². The summed E-state index contributed by atoms with van der Waals surface area (Å²) in [6.45, 7) is 0. The molecule has 2 aromatic carbocycles. The van der Waals surface area contributed by atoms with Gasteiger partial charge in [-0.15, -0.1) is 0 Å². The second-order valence-electron chi connectivity index (χ2n) is 7.26. The summed E-state index contributed by atoms with van der Waals surface area (Å²) in [5, 5.41) is 12.2. The maximum absolute atomic E-state index is 12.9. The number of carboxylic acids is 1. The average molecular weight is 452 g/mol. The number of pyridine rings is 2. The molecule has 1 N–H and O–H groups in total. The Kier molecular flexibility index (Phi) is 4.35. The van der Waals surface area contributed by atoms with E-state index in [4.69, 9.17) is 19.3 Å². The Morgan fingerprint density at radius 2 is 1.67 bits per heavy atom. The summed E-state index contributed by atoms with van der Waals surface area (Å²) in [4.78, 5) is 38.2. The van der Waals surface area contributed by atoms with Gasteiger partial charge in [-0.1, -0.05) is 30.3 Å². The predicted molar refractivity (Wildman–Crippen MR) is 115 cm³/mol. The summed E-state index contributed by atoms with van der Waals surface area (Å²) < 4.78 is 38.2. The van der Waals surface area contributed by atoms with Crippen LogP contribution in [0.2, 0.25) is 0 Å². The van der Waals surface area contributed by atoms with Crippen molar-refractivity contribution in [2.24, 2.45) is 0 Å². The molecule has 0 fully saturated rings. The van der Waals surface area contributed by atoms with Gasteiger partial charge in [0.25, 0.3) is 5.56 Å². The topological polar surface area (TPSA) is 102 Å². The van der Waals surface area contributed by atoms with Crippen LogP contribution in [0.4, 0.5) is 13.2 Å². The van der Waals surface area contributed by atoms with Crippen LogP contribution < -0.4 is 11.2 Å². The van der Waals surface area contributed by atoms with E-state index in [2.05, 4.69) is 12.1 Å². The quantitative estimate of drug-likeness (QED) is 0.368. The van der Waals surface area contributed by atoms with Crippen molar-refractivity contribution < 1.29 is 27.5 Å². The van der Waals surface area contributed by atoms with Gasteiger partial charge >= 0.3 is 17.8 Å². The number of nitrogens with zero attached hydrogens (tertiary/aromatic N) is 2. The average Bonchev–Trinajstić information content (AvgIpc) is 3.13. The number of halogens is 3. The molecule has 0 spiro atoms. The van der Waals surface area contributed by atoms with Gasteiger partial charge in [-0.3, -0.25) is 9.20 Å². The van der Waals surface area contributed by atoms with Crippen molar-refractivity contribution in [3.63, 3.8) is 0 Å². The van der Waals surface area contributed by atoms with E-state index < -0.39 is 17.8 Å².